The molecule has 0 aromatic heterocycles. The Morgan fingerprint density at radius 2 is 1.91 bits per heavy atom. The molecule has 0 aliphatic carbocycles. The van der Waals surface area contributed by atoms with E-state index in [1.54, 1.807) is 30.3 Å². The number of carbonyl (C=O) groups is 1. The summed E-state index contributed by atoms with van der Waals surface area (Å²) in [6.07, 6.45) is 0. The first-order chi connectivity index (χ1) is 11.0. The van der Waals surface area contributed by atoms with E-state index in [9.17, 15) is 9.18 Å². The Labute approximate surface area is 142 Å². The fourth-order valence-corrected chi connectivity index (χ4v) is 1.86. The molecule has 0 bridgehead atoms. The summed E-state index contributed by atoms with van der Waals surface area (Å²) in [5.74, 6) is -0.633. The van der Waals surface area contributed by atoms with Crippen LogP contribution in [0.25, 0.3) is 0 Å². The number of rotatable bonds is 4. The molecule has 0 heterocycles. The van der Waals surface area contributed by atoms with E-state index in [4.69, 9.17) is 28.6 Å². The zero-order chi connectivity index (χ0) is 16.7. The molecule has 120 valence electrons. The number of benzene rings is 2. The first-order valence-corrected chi connectivity index (χ1v) is 7.31. The maximum absolute atomic E-state index is 13.0. The molecule has 2 rings (SSSR count). The van der Waals surface area contributed by atoms with Crippen molar-refractivity contribution in [1.29, 1.82) is 0 Å². The van der Waals surface area contributed by atoms with Gasteiger partial charge in [-0.1, -0.05) is 17.7 Å². The molecule has 1 amide bonds. The van der Waals surface area contributed by atoms with Crippen LogP contribution in [0.5, 0.6) is 5.75 Å². The van der Waals surface area contributed by atoms with Crippen LogP contribution in [-0.4, -0.2) is 17.6 Å². The van der Waals surface area contributed by atoms with E-state index < -0.39 is 11.7 Å². The number of halogens is 2. The highest BCUT2D eigenvalue weighted by Gasteiger charge is 2.04. The molecule has 0 unspecified atom stereocenters. The lowest BCUT2D eigenvalue weighted by Crippen LogP contribution is -2.45. The maximum atomic E-state index is 13.0. The van der Waals surface area contributed by atoms with E-state index in [0.29, 0.717) is 5.02 Å². The predicted molar refractivity (Wildman–Crippen MR) is 90.8 cm³/mol. The van der Waals surface area contributed by atoms with Crippen molar-refractivity contribution in [3.63, 3.8) is 0 Å². The zero-order valence-corrected chi connectivity index (χ0v) is 13.4. The number of carbonyl (C=O) groups excluding carboxylic acids is 1. The summed E-state index contributed by atoms with van der Waals surface area (Å²) in [4.78, 5) is 11.6. The highest BCUT2D eigenvalue weighted by atomic mass is 35.5. The SMILES string of the molecule is O=C(COc1cccc(F)c1)NNC(=S)Nc1ccc(Cl)cc1. The average molecular weight is 354 g/mol. The third-order valence-electron chi connectivity index (χ3n) is 2.58. The van der Waals surface area contributed by atoms with Crippen molar-refractivity contribution >= 4 is 40.5 Å². The van der Waals surface area contributed by atoms with Crippen LogP contribution in [0.15, 0.2) is 48.5 Å². The molecule has 0 aliphatic heterocycles. The summed E-state index contributed by atoms with van der Waals surface area (Å²) in [5, 5.41) is 3.67. The van der Waals surface area contributed by atoms with Crippen LogP contribution in [0.3, 0.4) is 0 Å². The minimum atomic E-state index is -0.463. The van der Waals surface area contributed by atoms with Gasteiger partial charge in [0.05, 0.1) is 0 Å². The lowest BCUT2D eigenvalue weighted by Gasteiger charge is -2.12. The molecular formula is C15H13ClFN3O2S. The third kappa shape index (κ3) is 6.09. The van der Waals surface area contributed by atoms with Gasteiger partial charge in [0.25, 0.3) is 5.91 Å². The van der Waals surface area contributed by atoms with Gasteiger partial charge in [-0.3, -0.25) is 15.6 Å². The van der Waals surface area contributed by atoms with Gasteiger partial charge in [0.2, 0.25) is 0 Å². The number of hydrazine groups is 1. The first kappa shape index (κ1) is 17.0. The van der Waals surface area contributed by atoms with E-state index in [1.165, 1.54) is 18.2 Å². The van der Waals surface area contributed by atoms with E-state index in [-0.39, 0.29) is 17.5 Å². The fraction of sp³-hybridized carbons (Fsp3) is 0.0667. The Hall–Kier alpha value is -2.38. The summed E-state index contributed by atoms with van der Waals surface area (Å²) in [6.45, 7) is -0.278. The molecule has 0 fully saturated rings. The second-order valence-electron chi connectivity index (χ2n) is 4.38. The normalized spacial score (nSPS) is 9.83. The van der Waals surface area contributed by atoms with Gasteiger partial charge in [-0.05, 0) is 48.6 Å². The smallest absolute Gasteiger partial charge is 0.276 e. The average Bonchev–Trinajstić information content (AvgIpc) is 2.53. The van der Waals surface area contributed by atoms with Crippen molar-refractivity contribution in [2.75, 3.05) is 11.9 Å². The molecule has 0 spiro atoms. The number of ether oxygens (including phenoxy) is 1. The molecule has 0 radical (unpaired) electrons. The van der Waals surface area contributed by atoms with Gasteiger partial charge < -0.3 is 10.1 Å². The highest BCUT2D eigenvalue weighted by Crippen LogP contribution is 2.13. The number of anilines is 1. The van der Waals surface area contributed by atoms with Crippen molar-refractivity contribution < 1.29 is 13.9 Å². The van der Waals surface area contributed by atoms with Crippen LogP contribution in [0.4, 0.5) is 10.1 Å². The molecule has 3 N–H and O–H groups in total. The number of hydrogen-bond acceptors (Lipinski definition) is 3. The molecule has 8 heteroatoms. The Bertz CT molecular complexity index is 697. The van der Waals surface area contributed by atoms with E-state index in [2.05, 4.69) is 16.2 Å². The lowest BCUT2D eigenvalue weighted by atomic mass is 10.3. The van der Waals surface area contributed by atoms with Crippen LogP contribution in [0, 0.1) is 5.82 Å². The molecule has 0 aliphatic rings. The summed E-state index contributed by atoms with van der Waals surface area (Å²) < 4.78 is 18.1. The van der Waals surface area contributed by atoms with Crippen LogP contribution in [0.2, 0.25) is 5.02 Å². The van der Waals surface area contributed by atoms with Gasteiger partial charge in [-0.15, -0.1) is 0 Å². The van der Waals surface area contributed by atoms with Crippen molar-refractivity contribution in [1.82, 2.24) is 10.9 Å². The standard InChI is InChI=1S/C15H13ClFN3O2S/c16-10-4-6-12(7-5-10)18-15(23)20-19-14(21)9-22-13-3-1-2-11(17)8-13/h1-8H,9H2,(H,19,21)(H2,18,20,23). The van der Waals surface area contributed by atoms with Crippen molar-refractivity contribution in [3.8, 4) is 5.75 Å². The van der Waals surface area contributed by atoms with Crippen molar-refractivity contribution in [2.45, 2.75) is 0 Å². The first-order valence-electron chi connectivity index (χ1n) is 6.53. The second kappa shape index (κ2) is 8.30. The minimum Gasteiger partial charge on any atom is -0.484 e. The Kier molecular flexibility index (Phi) is 6.13. The van der Waals surface area contributed by atoms with Gasteiger partial charge >= 0.3 is 0 Å². The van der Waals surface area contributed by atoms with Gasteiger partial charge in [0.1, 0.15) is 11.6 Å². The van der Waals surface area contributed by atoms with Crippen LogP contribution >= 0.6 is 23.8 Å². The fourth-order valence-electron chi connectivity index (χ4n) is 1.56. The Morgan fingerprint density at radius 3 is 2.61 bits per heavy atom. The van der Waals surface area contributed by atoms with Gasteiger partial charge in [-0.25, -0.2) is 4.39 Å². The van der Waals surface area contributed by atoms with Crippen molar-refractivity contribution in [3.05, 3.63) is 59.4 Å². The highest BCUT2D eigenvalue weighted by molar-refractivity contribution is 7.80. The quantitative estimate of drug-likeness (QED) is 0.583. The largest absolute Gasteiger partial charge is 0.484 e. The van der Waals surface area contributed by atoms with Crippen LogP contribution in [0.1, 0.15) is 0 Å². The molecule has 5 nitrogen and oxygen atoms in total. The number of amides is 1. The van der Waals surface area contributed by atoms with Gasteiger partial charge in [-0.2, -0.15) is 0 Å². The van der Waals surface area contributed by atoms with E-state index >= 15 is 0 Å². The van der Waals surface area contributed by atoms with Crippen LogP contribution in [-0.2, 0) is 4.79 Å². The van der Waals surface area contributed by atoms with Crippen LogP contribution < -0.4 is 20.9 Å². The number of hydrogen-bond donors (Lipinski definition) is 3. The minimum absolute atomic E-state index is 0.200. The molecule has 0 saturated carbocycles. The van der Waals surface area contributed by atoms with E-state index in [0.717, 1.165) is 5.69 Å². The molecule has 0 atom stereocenters. The zero-order valence-electron chi connectivity index (χ0n) is 11.8. The topological polar surface area (TPSA) is 62.4 Å². The summed E-state index contributed by atoms with van der Waals surface area (Å²) in [7, 11) is 0. The molecule has 2 aromatic carbocycles. The number of nitrogens with one attached hydrogen (secondary N) is 3. The monoisotopic (exact) mass is 353 g/mol. The number of thiocarbonyl (C=S) groups is 1. The predicted octanol–water partition coefficient (Wildman–Crippen LogP) is 2.88. The summed E-state index contributed by atoms with van der Waals surface area (Å²) >= 11 is 10.8. The summed E-state index contributed by atoms with van der Waals surface area (Å²) in [5.41, 5.74) is 5.61. The lowest BCUT2D eigenvalue weighted by molar-refractivity contribution is -0.123. The van der Waals surface area contributed by atoms with E-state index in [1.807, 2.05) is 0 Å². The maximum Gasteiger partial charge on any atom is 0.276 e. The van der Waals surface area contributed by atoms with Gasteiger partial charge in [0, 0.05) is 16.8 Å². The molecule has 23 heavy (non-hydrogen) atoms. The van der Waals surface area contributed by atoms with Crippen molar-refractivity contribution in [2.24, 2.45) is 0 Å². The summed E-state index contributed by atoms with van der Waals surface area (Å²) in [6, 6.07) is 12.4. The Morgan fingerprint density at radius 1 is 1.17 bits per heavy atom. The molecule has 2 aromatic rings. The molecular weight excluding hydrogens is 341 g/mol. The van der Waals surface area contributed by atoms with Gasteiger partial charge in [0.15, 0.2) is 11.7 Å². The second-order valence-corrected chi connectivity index (χ2v) is 5.22. The molecule has 0 saturated heterocycles. The Balaban J connectivity index is 1.71. The third-order valence-corrected chi connectivity index (χ3v) is 3.04.